The van der Waals surface area contributed by atoms with Crippen LogP contribution in [0.25, 0.3) is 0 Å². The van der Waals surface area contributed by atoms with Crippen LogP contribution < -0.4 is 5.32 Å². The van der Waals surface area contributed by atoms with Gasteiger partial charge in [-0.15, -0.1) is 0 Å². The molecule has 2 heterocycles. The number of amides is 2. The monoisotopic (exact) mass is 327 g/mol. The second kappa shape index (κ2) is 7.79. The van der Waals surface area contributed by atoms with Crippen LogP contribution >= 0.6 is 0 Å². The minimum absolute atomic E-state index is 0.00177. The zero-order valence-corrected chi connectivity index (χ0v) is 13.5. The summed E-state index contributed by atoms with van der Waals surface area (Å²) in [7, 11) is 0. The van der Waals surface area contributed by atoms with Crippen LogP contribution in [-0.4, -0.2) is 54.3 Å². The van der Waals surface area contributed by atoms with Gasteiger partial charge < -0.3 is 14.6 Å². The smallest absolute Gasteiger partial charge is 0.287 e. The van der Waals surface area contributed by atoms with E-state index in [0.717, 1.165) is 19.6 Å². The van der Waals surface area contributed by atoms with E-state index in [2.05, 4.69) is 22.3 Å². The first-order valence-corrected chi connectivity index (χ1v) is 8.08. The Morgan fingerprint density at radius 1 is 1.00 bits per heavy atom. The van der Waals surface area contributed by atoms with Gasteiger partial charge in [-0.1, -0.05) is 30.3 Å². The van der Waals surface area contributed by atoms with Crippen LogP contribution in [0, 0.1) is 0 Å². The lowest BCUT2D eigenvalue weighted by Crippen LogP contribution is -2.50. The molecular weight excluding hydrogens is 306 g/mol. The Hall–Kier alpha value is -2.60. The molecule has 0 saturated carbocycles. The van der Waals surface area contributed by atoms with E-state index in [1.54, 1.807) is 17.0 Å². The first-order chi connectivity index (χ1) is 11.7. The second-order valence-electron chi connectivity index (χ2n) is 5.80. The number of carbonyl (C=O) groups excluding carboxylic acids is 2. The molecule has 1 saturated heterocycles. The molecule has 0 unspecified atom stereocenters. The highest BCUT2D eigenvalue weighted by Gasteiger charge is 2.21. The van der Waals surface area contributed by atoms with Gasteiger partial charge in [-0.05, 0) is 17.7 Å². The van der Waals surface area contributed by atoms with E-state index in [1.165, 1.54) is 11.8 Å². The van der Waals surface area contributed by atoms with Gasteiger partial charge >= 0.3 is 0 Å². The summed E-state index contributed by atoms with van der Waals surface area (Å²) in [6.45, 7) is 3.94. The van der Waals surface area contributed by atoms with Crippen LogP contribution in [0.1, 0.15) is 16.1 Å². The molecule has 1 aliphatic heterocycles. The van der Waals surface area contributed by atoms with E-state index in [4.69, 9.17) is 4.42 Å². The van der Waals surface area contributed by atoms with Crippen LogP contribution in [0.2, 0.25) is 0 Å². The molecule has 1 N–H and O–H groups in total. The van der Waals surface area contributed by atoms with Crippen LogP contribution in [0.3, 0.4) is 0 Å². The third-order valence-corrected chi connectivity index (χ3v) is 4.12. The lowest BCUT2D eigenvalue weighted by molar-refractivity contribution is -0.131. The molecule has 1 aromatic heterocycles. The molecule has 0 aliphatic carbocycles. The van der Waals surface area contributed by atoms with Crippen molar-refractivity contribution in [2.45, 2.75) is 6.54 Å². The Bertz CT molecular complexity index is 662. The molecule has 2 aromatic rings. The molecule has 0 atom stereocenters. The van der Waals surface area contributed by atoms with Gasteiger partial charge in [0.05, 0.1) is 12.8 Å². The fourth-order valence-electron chi connectivity index (χ4n) is 2.76. The lowest BCUT2D eigenvalue weighted by atomic mass is 10.2. The van der Waals surface area contributed by atoms with E-state index in [-0.39, 0.29) is 24.1 Å². The highest BCUT2D eigenvalue weighted by Crippen LogP contribution is 2.08. The van der Waals surface area contributed by atoms with Crippen LogP contribution in [0.4, 0.5) is 0 Å². The number of rotatable bonds is 5. The van der Waals surface area contributed by atoms with Crippen molar-refractivity contribution in [3.8, 4) is 0 Å². The van der Waals surface area contributed by atoms with Crippen molar-refractivity contribution < 1.29 is 14.0 Å². The summed E-state index contributed by atoms with van der Waals surface area (Å²) in [5.74, 6) is -0.208. The molecule has 1 fully saturated rings. The van der Waals surface area contributed by atoms with Crippen LogP contribution in [0.15, 0.2) is 53.1 Å². The van der Waals surface area contributed by atoms with Gasteiger partial charge in [-0.3, -0.25) is 14.5 Å². The molecule has 6 nitrogen and oxygen atoms in total. The number of nitrogens with one attached hydrogen (secondary N) is 1. The number of hydrogen-bond donors (Lipinski definition) is 1. The average Bonchev–Trinajstić information content (AvgIpc) is 3.16. The largest absolute Gasteiger partial charge is 0.459 e. The lowest BCUT2D eigenvalue weighted by Gasteiger charge is -2.34. The number of piperazine rings is 1. The van der Waals surface area contributed by atoms with Crippen LogP contribution in [-0.2, 0) is 11.3 Å². The number of nitrogens with zero attached hydrogens (tertiary/aromatic N) is 2. The predicted molar refractivity (Wildman–Crippen MR) is 89.3 cm³/mol. The normalized spacial score (nSPS) is 15.2. The summed E-state index contributed by atoms with van der Waals surface area (Å²) in [4.78, 5) is 28.1. The highest BCUT2D eigenvalue weighted by molar-refractivity contribution is 5.94. The summed E-state index contributed by atoms with van der Waals surface area (Å²) < 4.78 is 5.00. The minimum atomic E-state index is -0.365. The molecule has 126 valence electrons. The molecule has 0 bridgehead atoms. The van der Waals surface area contributed by atoms with E-state index in [1.807, 2.05) is 18.2 Å². The van der Waals surface area contributed by atoms with E-state index in [9.17, 15) is 9.59 Å². The Balaban J connectivity index is 1.41. The van der Waals surface area contributed by atoms with Gasteiger partial charge in [-0.2, -0.15) is 0 Å². The van der Waals surface area contributed by atoms with Crippen molar-refractivity contribution in [2.24, 2.45) is 0 Å². The van der Waals surface area contributed by atoms with Gasteiger partial charge in [-0.25, -0.2) is 0 Å². The summed E-state index contributed by atoms with van der Waals surface area (Å²) in [6, 6.07) is 13.5. The van der Waals surface area contributed by atoms with Gasteiger partial charge in [0.15, 0.2) is 5.76 Å². The zero-order valence-electron chi connectivity index (χ0n) is 13.5. The van der Waals surface area contributed by atoms with Crippen molar-refractivity contribution in [3.63, 3.8) is 0 Å². The highest BCUT2D eigenvalue weighted by atomic mass is 16.3. The Morgan fingerprint density at radius 2 is 1.75 bits per heavy atom. The van der Waals surface area contributed by atoms with Crippen molar-refractivity contribution in [2.75, 3.05) is 32.7 Å². The summed E-state index contributed by atoms with van der Waals surface area (Å²) >= 11 is 0. The summed E-state index contributed by atoms with van der Waals surface area (Å²) in [6.07, 6.45) is 1.43. The summed E-state index contributed by atoms with van der Waals surface area (Å²) in [5.41, 5.74) is 1.28. The third-order valence-electron chi connectivity index (χ3n) is 4.12. The van der Waals surface area contributed by atoms with Crippen molar-refractivity contribution in [1.29, 1.82) is 0 Å². The molecule has 2 amide bonds. The molecular formula is C18H21N3O3. The van der Waals surface area contributed by atoms with Gasteiger partial charge in [0.25, 0.3) is 5.91 Å². The fraction of sp³-hybridized carbons (Fsp3) is 0.333. The standard InChI is InChI=1S/C18H21N3O3/c22-17(13-19-18(23)16-7-4-12-24-16)21-10-8-20(9-11-21)14-15-5-2-1-3-6-15/h1-7,12H,8-11,13-14H2,(H,19,23). The van der Waals surface area contributed by atoms with Crippen molar-refractivity contribution >= 4 is 11.8 Å². The molecule has 1 aliphatic rings. The Kier molecular flexibility index (Phi) is 5.28. The second-order valence-corrected chi connectivity index (χ2v) is 5.80. The zero-order chi connectivity index (χ0) is 16.8. The Morgan fingerprint density at radius 3 is 2.42 bits per heavy atom. The van der Waals surface area contributed by atoms with E-state index in [0.29, 0.717) is 13.1 Å². The molecule has 1 aromatic carbocycles. The number of furan rings is 1. The van der Waals surface area contributed by atoms with E-state index >= 15 is 0 Å². The van der Waals surface area contributed by atoms with Crippen molar-refractivity contribution in [1.82, 2.24) is 15.1 Å². The maximum atomic E-state index is 12.2. The summed E-state index contributed by atoms with van der Waals surface area (Å²) in [5, 5.41) is 2.60. The van der Waals surface area contributed by atoms with Gasteiger partial charge in [0.2, 0.25) is 5.91 Å². The first-order valence-electron chi connectivity index (χ1n) is 8.08. The van der Waals surface area contributed by atoms with Gasteiger partial charge in [0, 0.05) is 32.7 Å². The number of carbonyl (C=O) groups is 2. The molecule has 3 rings (SSSR count). The SMILES string of the molecule is O=C(NCC(=O)N1CCN(Cc2ccccc2)CC1)c1ccco1. The van der Waals surface area contributed by atoms with Gasteiger partial charge in [0.1, 0.15) is 0 Å². The van der Waals surface area contributed by atoms with E-state index < -0.39 is 0 Å². The first kappa shape index (κ1) is 16.3. The maximum absolute atomic E-state index is 12.2. The number of hydrogen-bond acceptors (Lipinski definition) is 4. The number of benzene rings is 1. The molecule has 24 heavy (non-hydrogen) atoms. The Labute approximate surface area is 141 Å². The van der Waals surface area contributed by atoms with Crippen LogP contribution in [0.5, 0.6) is 0 Å². The molecule has 0 radical (unpaired) electrons. The van der Waals surface area contributed by atoms with Crippen molar-refractivity contribution in [3.05, 3.63) is 60.1 Å². The third kappa shape index (κ3) is 4.23. The maximum Gasteiger partial charge on any atom is 0.287 e. The topological polar surface area (TPSA) is 65.8 Å². The molecule has 6 heteroatoms. The minimum Gasteiger partial charge on any atom is -0.459 e. The molecule has 0 spiro atoms. The average molecular weight is 327 g/mol. The quantitative estimate of drug-likeness (QED) is 0.900. The fourth-order valence-corrected chi connectivity index (χ4v) is 2.76. The predicted octanol–water partition coefficient (Wildman–Crippen LogP) is 1.35.